The molecule has 0 aromatic heterocycles. The Morgan fingerprint density at radius 2 is 2.00 bits per heavy atom. The molecule has 0 bridgehead atoms. The SMILES string of the molecule is CCCSN=CC=CNSCCC. The smallest absolute Gasteiger partial charge is 0.0366 e. The maximum atomic E-state index is 4.13. The van der Waals surface area contributed by atoms with Gasteiger partial charge in [0.1, 0.15) is 0 Å². The van der Waals surface area contributed by atoms with E-state index in [0.717, 1.165) is 11.5 Å². The summed E-state index contributed by atoms with van der Waals surface area (Å²) in [5.74, 6) is 2.24. The van der Waals surface area contributed by atoms with Gasteiger partial charge in [-0.05, 0) is 30.9 Å². The molecule has 2 nitrogen and oxygen atoms in total. The second-order valence-corrected chi connectivity index (χ2v) is 4.22. The molecule has 0 spiro atoms. The summed E-state index contributed by atoms with van der Waals surface area (Å²) in [7, 11) is 0. The lowest BCUT2D eigenvalue weighted by molar-refractivity contribution is 1.10. The zero-order valence-corrected chi connectivity index (χ0v) is 9.96. The second-order valence-electron chi connectivity index (χ2n) is 2.41. The van der Waals surface area contributed by atoms with E-state index < -0.39 is 0 Å². The van der Waals surface area contributed by atoms with Crippen LogP contribution in [0.1, 0.15) is 26.7 Å². The predicted octanol–water partition coefficient (Wildman–Crippen LogP) is 3.28. The molecule has 0 saturated carbocycles. The highest BCUT2D eigenvalue weighted by molar-refractivity contribution is 7.98. The average molecular weight is 218 g/mol. The molecule has 0 aromatic rings. The summed E-state index contributed by atoms with van der Waals surface area (Å²) in [5.41, 5.74) is 0. The molecule has 0 aliphatic heterocycles. The third-order valence-electron chi connectivity index (χ3n) is 1.07. The molecule has 0 unspecified atom stereocenters. The molecule has 0 atom stereocenters. The van der Waals surface area contributed by atoms with Gasteiger partial charge in [0.25, 0.3) is 0 Å². The van der Waals surface area contributed by atoms with Crippen LogP contribution in [0.15, 0.2) is 16.7 Å². The van der Waals surface area contributed by atoms with Crippen molar-refractivity contribution in [3.8, 4) is 0 Å². The fourth-order valence-electron chi connectivity index (χ4n) is 0.514. The Bertz CT molecular complexity index is 147. The summed E-state index contributed by atoms with van der Waals surface area (Å²) < 4.78 is 7.25. The number of rotatable bonds is 8. The fraction of sp³-hybridized carbons (Fsp3) is 0.667. The predicted molar refractivity (Wildman–Crippen MR) is 66.3 cm³/mol. The van der Waals surface area contributed by atoms with Crippen LogP contribution in [-0.4, -0.2) is 17.7 Å². The van der Waals surface area contributed by atoms with E-state index in [2.05, 4.69) is 23.0 Å². The van der Waals surface area contributed by atoms with Crippen molar-refractivity contribution in [1.82, 2.24) is 4.72 Å². The van der Waals surface area contributed by atoms with E-state index in [1.54, 1.807) is 23.9 Å². The first kappa shape index (κ1) is 12.9. The molecule has 0 aromatic carbocycles. The molecule has 0 aliphatic carbocycles. The quantitative estimate of drug-likeness (QED) is 0.384. The molecule has 0 saturated heterocycles. The molecule has 0 amide bonds. The summed E-state index contributed by atoms with van der Waals surface area (Å²) in [6.45, 7) is 4.32. The minimum atomic E-state index is 1.10. The van der Waals surface area contributed by atoms with Gasteiger partial charge in [0, 0.05) is 23.9 Å². The van der Waals surface area contributed by atoms with Crippen LogP contribution in [0.3, 0.4) is 0 Å². The molecule has 0 radical (unpaired) electrons. The Labute approximate surface area is 89.9 Å². The van der Waals surface area contributed by atoms with Crippen molar-refractivity contribution in [2.45, 2.75) is 26.7 Å². The van der Waals surface area contributed by atoms with E-state index in [1.807, 2.05) is 18.5 Å². The first-order valence-electron chi connectivity index (χ1n) is 4.59. The van der Waals surface area contributed by atoms with Crippen molar-refractivity contribution in [2.24, 2.45) is 4.40 Å². The van der Waals surface area contributed by atoms with Crippen molar-refractivity contribution in [3.63, 3.8) is 0 Å². The van der Waals surface area contributed by atoms with Crippen LogP contribution in [-0.2, 0) is 0 Å². The van der Waals surface area contributed by atoms with E-state index in [0.29, 0.717) is 0 Å². The lowest BCUT2D eigenvalue weighted by Gasteiger charge is -1.94. The van der Waals surface area contributed by atoms with E-state index >= 15 is 0 Å². The Kier molecular flexibility index (Phi) is 11.8. The number of allylic oxidation sites excluding steroid dienone is 1. The summed E-state index contributed by atoms with van der Waals surface area (Å²) in [4.78, 5) is 0. The maximum Gasteiger partial charge on any atom is 0.0366 e. The molecule has 0 heterocycles. The summed E-state index contributed by atoms with van der Waals surface area (Å²) in [5, 5.41) is 0. The minimum absolute atomic E-state index is 1.10. The number of hydrogen-bond donors (Lipinski definition) is 1. The van der Waals surface area contributed by atoms with Crippen LogP contribution in [0.2, 0.25) is 0 Å². The van der Waals surface area contributed by atoms with Crippen molar-refractivity contribution in [3.05, 3.63) is 12.3 Å². The lowest BCUT2D eigenvalue weighted by Crippen LogP contribution is -1.91. The van der Waals surface area contributed by atoms with Gasteiger partial charge in [0.05, 0.1) is 0 Å². The monoisotopic (exact) mass is 218 g/mol. The maximum absolute atomic E-state index is 4.13. The molecule has 0 aliphatic rings. The molecule has 76 valence electrons. The zero-order chi connectivity index (χ0) is 9.78. The van der Waals surface area contributed by atoms with E-state index in [4.69, 9.17) is 0 Å². The van der Waals surface area contributed by atoms with Crippen LogP contribution in [0.25, 0.3) is 0 Å². The molecule has 4 heteroatoms. The molecular formula is C9H18N2S2. The van der Waals surface area contributed by atoms with Crippen LogP contribution in [0.4, 0.5) is 0 Å². The Morgan fingerprint density at radius 3 is 2.69 bits per heavy atom. The average Bonchev–Trinajstić information content (AvgIpc) is 2.16. The molecule has 0 rings (SSSR count). The molecule has 0 fully saturated rings. The Morgan fingerprint density at radius 1 is 1.23 bits per heavy atom. The number of hydrogen-bond acceptors (Lipinski definition) is 4. The molecule has 1 N–H and O–H groups in total. The van der Waals surface area contributed by atoms with Crippen LogP contribution in [0.5, 0.6) is 0 Å². The van der Waals surface area contributed by atoms with Gasteiger partial charge >= 0.3 is 0 Å². The summed E-state index contributed by atoms with van der Waals surface area (Å²) in [6.07, 6.45) is 8.03. The fourth-order valence-corrected chi connectivity index (χ4v) is 1.45. The van der Waals surface area contributed by atoms with Crippen molar-refractivity contribution >= 4 is 30.1 Å². The Balaban J connectivity index is 3.15. The van der Waals surface area contributed by atoms with Gasteiger partial charge in [0.2, 0.25) is 0 Å². The van der Waals surface area contributed by atoms with Crippen LogP contribution in [0, 0.1) is 0 Å². The third kappa shape index (κ3) is 11.9. The first-order valence-corrected chi connectivity index (χ1v) is 6.52. The van der Waals surface area contributed by atoms with Crippen LogP contribution >= 0.6 is 23.9 Å². The standard InChI is InChI=1S/C9H18N2S2/c1-3-8-12-10-6-5-7-11-13-9-4-2/h5-7,10H,3-4,8-9H2,1-2H3. The van der Waals surface area contributed by atoms with Crippen molar-refractivity contribution < 1.29 is 0 Å². The number of nitrogens with one attached hydrogen (secondary N) is 1. The van der Waals surface area contributed by atoms with Crippen molar-refractivity contribution in [2.75, 3.05) is 11.5 Å². The van der Waals surface area contributed by atoms with E-state index in [1.165, 1.54) is 12.8 Å². The summed E-state index contributed by atoms with van der Waals surface area (Å²) in [6, 6.07) is 0. The van der Waals surface area contributed by atoms with Gasteiger partial charge in [-0.2, -0.15) is 0 Å². The zero-order valence-electron chi connectivity index (χ0n) is 8.32. The second kappa shape index (κ2) is 11.9. The van der Waals surface area contributed by atoms with Gasteiger partial charge in [-0.25, -0.2) is 4.40 Å². The van der Waals surface area contributed by atoms with E-state index in [9.17, 15) is 0 Å². The first-order chi connectivity index (χ1) is 6.41. The lowest BCUT2D eigenvalue weighted by atomic mass is 10.6. The van der Waals surface area contributed by atoms with Gasteiger partial charge in [0.15, 0.2) is 0 Å². The van der Waals surface area contributed by atoms with E-state index in [-0.39, 0.29) is 0 Å². The topological polar surface area (TPSA) is 24.4 Å². The minimum Gasteiger partial charge on any atom is -0.336 e. The largest absolute Gasteiger partial charge is 0.336 e. The van der Waals surface area contributed by atoms with Gasteiger partial charge in [-0.1, -0.05) is 25.8 Å². The Hall–Kier alpha value is -0.0900. The normalized spacial score (nSPS) is 11.5. The van der Waals surface area contributed by atoms with Crippen LogP contribution < -0.4 is 4.72 Å². The summed E-state index contributed by atoms with van der Waals surface area (Å²) >= 11 is 3.32. The number of nitrogens with zero attached hydrogens (tertiary/aromatic N) is 1. The highest BCUT2D eigenvalue weighted by atomic mass is 32.2. The highest BCUT2D eigenvalue weighted by Gasteiger charge is 1.78. The third-order valence-corrected chi connectivity index (χ3v) is 2.85. The highest BCUT2D eigenvalue weighted by Crippen LogP contribution is 2.01. The molecule has 13 heavy (non-hydrogen) atoms. The molecular weight excluding hydrogens is 200 g/mol. The van der Waals surface area contributed by atoms with Gasteiger partial charge in [-0.15, -0.1) is 0 Å². The van der Waals surface area contributed by atoms with Gasteiger partial charge in [-0.3, -0.25) is 0 Å². The van der Waals surface area contributed by atoms with Crippen molar-refractivity contribution in [1.29, 1.82) is 0 Å². The van der Waals surface area contributed by atoms with Gasteiger partial charge < -0.3 is 4.72 Å².